The van der Waals surface area contributed by atoms with E-state index >= 15 is 0 Å². The second-order valence-corrected chi connectivity index (χ2v) is 5.18. The van der Waals surface area contributed by atoms with Gasteiger partial charge in [0.05, 0.1) is 7.11 Å². The Morgan fingerprint density at radius 3 is 2.70 bits per heavy atom. The number of halogens is 2. The van der Waals surface area contributed by atoms with Crippen LogP contribution in [0.3, 0.4) is 0 Å². The molecule has 0 bridgehead atoms. The molecule has 2 N–H and O–H groups in total. The Hall–Kier alpha value is -1.58. The van der Waals surface area contributed by atoms with Crippen molar-refractivity contribution in [2.24, 2.45) is 5.73 Å². The third-order valence-corrected chi connectivity index (χ3v) is 3.68. The first-order valence-electron chi connectivity index (χ1n) is 6.35. The largest absolute Gasteiger partial charge is 0.496 e. The van der Waals surface area contributed by atoms with Crippen molar-refractivity contribution >= 4 is 11.6 Å². The van der Waals surface area contributed by atoms with Crippen LogP contribution in [0.1, 0.15) is 22.7 Å². The van der Waals surface area contributed by atoms with Gasteiger partial charge >= 0.3 is 0 Å². The molecule has 2 aromatic carbocycles. The Morgan fingerprint density at radius 1 is 1.25 bits per heavy atom. The van der Waals surface area contributed by atoms with Crippen LogP contribution in [0, 0.1) is 12.7 Å². The third kappa shape index (κ3) is 3.30. The molecule has 0 spiro atoms. The van der Waals surface area contributed by atoms with Crippen molar-refractivity contribution in [3.63, 3.8) is 0 Å². The lowest BCUT2D eigenvalue weighted by atomic mass is 9.98. The molecule has 2 nitrogen and oxygen atoms in total. The molecule has 20 heavy (non-hydrogen) atoms. The standard InChI is InChI=1S/C16H17ClFNO/c1-10-3-4-11(9-16(10)20-2)15(19)8-12-7-13(18)5-6-14(12)17/h3-7,9,15H,8,19H2,1-2H3. The van der Waals surface area contributed by atoms with E-state index in [9.17, 15) is 4.39 Å². The van der Waals surface area contributed by atoms with E-state index in [1.54, 1.807) is 13.2 Å². The molecular formula is C16H17ClFNO. The van der Waals surface area contributed by atoms with Gasteiger partial charge in [0, 0.05) is 11.1 Å². The second kappa shape index (κ2) is 6.25. The summed E-state index contributed by atoms with van der Waals surface area (Å²) in [5.41, 5.74) is 8.88. The van der Waals surface area contributed by atoms with Crippen molar-refractivity contribution in [1.82, 2.24) is 0 Å². The van der Waals surface area contributed by atoms with Crippen LogP contribution in [-0.4, -0.2) is 7.11 Å². The summed E-state index contributed by atoms with van der Waals surface area (Å²) in [6, 6.07) is 9.88. The van der Waals surface area contributed by atoms with E-state index < -0.39 is 0 Å². The van der Waals surface area contributed by atoms with Crippen molar-refractivity contribution in [3.8, 4) is 5.75 Å². The van der Waals surface area contributed by atoms with Gasteiger partial charge in [0.25, 0.3) is 0 Å². The number of ether oxygens (including phenoxy) is 1. The van der Waals surface area contributed by atoms with E-state index in [-0.39, 0.29) is 11.9 Å². The molecule has 1 unspecified atom stereocenters. The molecule has 0 amide bonds. The van der Waals surface area contributed by atoms with Crippen LogP contribution in [-0.2, 0) is 6.42 Å². The predicted octanol–water partition coefficient (Wildman–Crippen LogP) is 4.04. The quantitative estimate of drug-likeness (QED) is 0.923. The van der Waals surface area contributed by atoms with Crippen molar-refractivity contribution < 1.29 is 9.13 Å². The first-order valence-corrected chi connectivity index (χ1v) is 6.73. The van der Waals surface area contributed by atoms with E-state index in [2.05, 4.69) is 0 Å². The van der Waals surface area contributed by atoms with Crippen LogP contribution in [0.2, 0.25) is 5.02 Å². The highest BCUT2D eigenvalue weighted by Gasteiger charge is 2.12. The zero-order valence-corrected chi connectivity index (χ0v) is 12.2. The average Bonchev–Trinajstić information content (AvgIpc) is 2.43. The monoisotopic (exact) mass is 293 g/mol. The molecule has 4 heteroatoms. The van der Waals surface area contributed by atoms with Gasteiger partial charge in [-0.3, -0.25) is 0 Å². The number of benzene rings is 2. The smallest absolute Gasteiger partial charge is 0.123 e. The lowest BCUT2D eigenvalue weighted by molar-refractivity contribution is 0.410. The Balaban J connectivity index is 2.23. The molecule has 106 valence electrons. The first-order chi connectivity index (χ1) is 9.51. The van der Waals surface area contributed by atoms with Gasteiger partial charge in [-0.05, 0) is 54.3 Å². The molecule has 0 saturated carbocycles. The zero-order chi connectivity index (χ0) is 14.7. The summed E-state index contributed by atoms with van der Waals surface area (Å²) in [6.45, 7) is 1.97. The van der Waals surface area contributed by atoms with Crippen LogP contribution in [0.15, 0.2) is 36.4 Å². The highest BCUT2D eigenvalue weighted by molar-refractivity contribution is 6.31. The molecule has 0 aliphatic rings. The van der Waals surface area contributed by atoms with Crippen LogP contribution in [0.25, 0.3) is 0 Å². The maximum Gasteiger partial charge on any atom is 0.123 e. The third-order valence-electron chi connectivity index (χ3n) is 3.31. The number of methoxy groups -OCH3 is 1. The fourth-order valence-corrected chi connectivity index (χ4v) is 2.32. The fourth-order valence-electron chi connectivity index (χ4n) is 2.12. The van der Waals surface area contributed by atoms with E-state index in [0.717, 1.165) is 16.9 Å². The number of hydrogen-bond donors (Lipinski definition) is 1. The van der Waals surface area contributed by atoms with Crippen LogP contribution in [0.5, 0.6) is 5.75 Å². The van der Waals surface area contributed by atoms with Crippen molar-refractivity contribution in [3.05, 3.63) is 63.9 Å². The Morgan fingerprint density at radius 2 is 2.00 bits per heavy atom. The number of hydrogen-bond acceptors (Lipinski definition) is 2. The Bertz CT molecular complexity index is 615. The fraction of sp³-hybridized carbons (Fsp3) is 0.250. The highest BCUT2D eigenvalue weighted by Crippen LogP contribution is 2.26. The van der Waals surface area contributed by atoms with Crippen LogP contribution >= 0.6 is 11.6 Å². The van der Waals surface area contributed by atoms with E-state index in [0.29, 0.717) is 17.0 Å². The van der Waals surface area contributed by atoms with Gasteiger partial charge in [-0.15, -0.1) is 0 Å². The molecule has 0 saturated heterocycles. The second-order valence-electron chi connectivity index (χ2n) is 4.78. The predicted molar refractivity (Wildman–Crippen MR) is 79.8 cm³/mol. The molecule has 0 aliphatic heterocycles. The summed E-state index contributed by atoms with van der Waals surface area (Å²) in [5, 5.41) is 0.529. The van der Waals surface area contributed by atoms with Gasteiger partial charge in [0.2, 0.25) is 0 Å². The lowest BCUT2D eigenvalue weighted by Gasteiger charge is -2.15. The minimum absolute atomic E-state index is 0.260. The van der Waals surface area contributed by atoms with Crippen molar-refractivity contribution in [2.45, 2.75) is 19.4 Å². The zero-order valence-electron chi connectivity index (χ0n) is 11.5. The molecule has 0 radical (unpaired) electrons. The topological polar surface area (TPSA) is 35.2 Å². The minimum atomic E-state index is -0.307. The molecule has 0 fully saturated rings. The van der Waals surface area contributed by atoms with E-state index in [1.807, 2.05) is 25.1 Å². The molecule has 0 aliphatic carbocycles. The first kappa shape index (κ1) is 14.8. The van der Waals surface area contributed by atoms with Gasteiger partial charge < -0.3 is 10.5 Å². The van der Waals surface area contributed by atoms with Gasteiger partial charge in [-0.2, -0.15) is 0 Å². The van der Waals surface area contributed by atoms with E-state index in [4.69, 9.17) is 22.1 Å². The van der Waals surface area contributed by atoms with Crippen molar-refractivity contribution in [2.75, 3.05) is 7.11 Å². The molecule has 0 aromatic heterocycles. The summed E-state index contributed by atoms with van der Waals surface area (Å²) in [5.74, 6) is 0.487. The lowest BCUT2D eigenvalue weighted by Crippen LogP contribution is -2.14. The van der Waals surface area contributed by atoms with E-state index in [1.165, 1.54) is 12.1 Å². The number of rotatable bonds is 4. The Kier molecular flexibility index (Phi) is 4.63. The summed E-state index contributed by atoms with van der Waals surface area (Å²) >= 11 is 6.06. The molecular weight excluding hydrogens is 277 g/mol. The van der Waals surface area contributed by atoms with Gasteiger partial charge in [0.1, 0.15) is 11.6 Å². The maximum atomic E-state index is 13.3. The summed E-state index contributed by atoms with van der Waals surface area (Å²) in [6.07, 6.45) is 0.475. The van der Waals surface area contributed by atoms with Crippen LogP contribution in [0.4, 0.5) is 4.39 Å². The summed E-state index contributed by atoms with van der Waals surface area (Å²) in [4.78, 5) is 0. The molecule has 2 rings (SSSR count). The SMILES string of the molecule is COc1cc(C(N)Cc2cc(F)ccc2Cl)ccc1C. The average molecular weight is 294 g/mol. The molecule has 0 heterocycles. The minimum Gasteiger partial charge on any atom is -0.496 e. The van der Waals surface area contributed by atoms with Gasteiger partial charge in [0.15, 0.2) is 0 Å². The normalized spacial score (nSPS) is 12.2. The number of aryl methyl sites for hydroxylation is 1. The summed E-state index contributed by atoms with van der Waals surface area (Å²) < 4.78 is 18.5. The summed E-state index contributed by atoms with van der Waals surface area (Å²) in [7, 11) is 1.63. The highest BCUT2D eigenvalue weighted by atomic mass is 35.5. The Labute approximate surface area is 123 Å². The molecule has 2 aromatic rings. The molecule has 1 atom stereocenters. The van der Waals surface area contributed by atoms with Gasteiger partial charge in [-0.25, -0.2) is 4.39 Å². The van der Waals surface area contributed by atoms with Crippen LogP contribution < -0.4 is 10.5 Å². The van der Waals surface area contributed by atoms with Gasteiger partial charge in [-0.1, -0.05) is 23.7 Å². The number of nitrogens with two attached hydrogens (primary N) is 1. The van der Waals surface area contributed by atoms with Crippen molar-refractivity contribution in [1.29, 1.82) is 0 Å². The maximum absolute atomic E-state index is 13.3.